The first-order chi connectivity index (χ1) is 7.13. The maximum atomic E-state index is 13.7. The maximum absolute atomic E-state index is 13.7. The molecule has 6 heteroatoms. The van der Waals surface area contributed by atoms with Gasteiger partial charge in [0.15, 0.2) is 17.2 Å². The molecule has 5 nitrogen and oxygen atoms in total. The second kappa shape index (κ2) is 3.56. The van der Waals surface area contributed by atoms with E-state index >= 15 is 0 Å². The Hall–Kier alpha value is -1.53. The highest BCUT2D eigenvalue weighted by molar-refractivity contribution is 5.42. The van der Waals surface area contributed by atoms with Crippen molar-refractivity contribution in [3.8, 4) is 0 Å². The van der Waals surface area contributed by atoms with Gasteiger partial charge in [-0.25, -0.2) is 13.9 Å². The van der Waals surface area contributed by atoms with E-state index < -0.39 is 12.1 Å². The maximum Gasteiger partial charge on any atom is 0.203 e. The van der Waals surface area contributed by atoms with Crippen LogP contribution in [0.1, 0.15) is 17.7 Å². The van der Waals surface area contributed by atoms with Gasteiger partial charge >= 0.3 is 0 Å². The lowest BCUT2D eigenvalue weighted by Crippen LogP contribution is -2.02. The molecule has 2 rings (SSSR count). The normalized spacial score (nSPS) is 13.3. The molecule has 0 amide bonds. The summed E-state index contributed by atoms with van der Waals surface area (Å²) >= 11 is 0. The van der Waals surface area contributed by atoms with Gasteiger partial charge in [-0.05, 0) is 13.0 Å². The van der Waals surface area contributed by atoms with Crippen LogP contribution in [0.15, 0.2) is 12.3 Å². The van der Waals surface area contributed by atoms with Gasteiger partial charge in [0.2, 0.25) is 6.29 Å². The number of rotatable bonds is 2. The Kier molecular flexibility index (Phi) is 2.37. The van der Waals surface area contributed by atoms with Gasteiger partial charge in [-0.3, -0.25) is 0 Å². The van der Waals surface area contributed by atoms with E-state index in [2.05, 4.69) is 14.8 Å². The van der Waals surface area contributed by atoms with E-state index in [9.17, 15) is 9.50 Å². The fourth-order valence-electron chi connectivity index (χ4n) is 1.28. The number of methoxy groups -OCH3 is 1. The summed E-state index contributed by atoms with van der Waals surface area (Å²) in [6, 6.07) is 1.70. The standard InChI is InChI=1S/C9H10FN3O2/c1-5-3-4-13-8(11-5)6(10)7(12-13)9(14)15-2/h3-4,9,14H,1-2H3. The molecule has 0 aromatic carbocycles. The van der Waals surface area contributed by atoms with Gasteiger partial charge in [0, 0.05) is 19.0 Å². The summed E-state index contributed by atoms with van der Waals surface area (Å²) in [4.78, 5) is 3.97. The molecule has 1 unspecified atom stereocenters. The fraction of sp³-hybridized carbons (Fsp3) is 0.333. The number of aromatic nitrogens is 3. The molecule has 80 valence electrons. The van der Waals surface area contributed by atoms with Crippen LogP contribution in [0.2, 0.25) is 0 Å². The highest BCUT2D eigenvalue weighted by Crippen LogP contribution is 2.19. The van der Waals surface area contributed by atoms with Crippen molar-refractivity contribution in [2.75, 3.05) is 7.11 Å². The molecule has 0 spiro atoms. The van der Waals surface area contributed by atoms with Crippen molar-refractivity contribution < 1.29 is 14.2 Å². The van der Waals surface area contributed by atoms with E-state index in [-0.39, 0.29) is 11.3 Å². The summed E-state index contributed by atoms with van der Waals surface area (Å²) in [5.41, 5.74) is 0.608. The third kappa shape index (κ3) is 1.57. The van der Waals surface area contributed by atoms with Crippen LogP contribution in [0.5, 0.6) is 0 Å². The highest BCUT2D eigenvalue weighted by Gasteiger charge is 2.20. The van der Waals surface area contributed by atoms with Crippen molar-refractivity contribution in [3.05, 3.63) is 29.5 Å². The fourth-order valence-corrected chi connectivity index (χ4v) is 1.28. The van der Waals surface area contributed by atoms with Gasteiger partial charge in [0.25, 0.3) is 0 Å². The third-order valence-corrected chi connectivity index (χ3v) is 2.05. The van der Waals surface area contributed by atoms with Gasteiger partial charge in [-0.1, -0.05) is 0 Å². The first-order valence-corrected chi connectivity index (χ1v) is 4.35. The smallest absolute Gasteiger partial charge is 0.203 e. The molecule has 0 bridgehead atoms. The molecule has 0 saturated heterocycles. The van der Waals surface area contributed by atoms with Gasteiger partial charge in [0.1, 0.15) is 0 Å². The number of hydrogen-bond acceptors (Lipinski definition) is 4. The average Bonchev–Trinajstić information content (AvgIpc) is 2.55. The van der Waals surface area contributed by atoms with Crippen LogP contribution in [-0.2, 0) is 4.74 Å². The zero-order chi connectivity index (χ0) is 11.0. The lowest BCUT2D eigenvalue weighted by atomic mass is 10.4. The third-order valence-electron chi connectivity index (χ3n) is 2.05. The van der Waals surface area contributed by atoms with E-state index in [1.54, 1.807) is 19.2 Å². The van der Waals surface area contributed by atoms with E-state index in [0.29, 0.717) is 5.69 Å². The second-order valence-corrected chi connectivity index (χ2v) is 3.12. The molecule has 15 heavy (non-hydrogen) atoms. The zero-order valence-corrected chi connectivity index (χ0v) is 8.31. The van der Waals surface area contributed by atoms with Crippen molar-refractivity contribution in [2.45, 2.75) is 13.2 Å². The molecule has 0 fully saturated rings. The Bertz CT molecular complexity index is 497. The van der Waals surface area contributed by atoms with Crippen LogP contribution in [0.25, 0.3) is 5.65 Å². The molecule has 0 saturated carbocycles. The van der Waals surface area contributed by atoms with E-state index in [1.165, 1.54) is 11.6 Å². The minimum atomic E-state index is -1.37. The van der Waals surface area contributed by atoms with Gasteiger partial charge in [-0.2, -0.15) is 5.10 Å². The van der Waals surface area contributed by atoms with Gasteiger partial charge in [-0.15, -0.1) is 0 Å². The van der Waals surface area contributed by atoms with E-state index in [0.717, 1.165) is 0 Å². The number of fused-ring (bicyclic) bond motifs is 1. The molecule has 1 N–H and O–H groups in total. The summed E-state index contributed by atoms with van der Waals surface area (Å²) in [6.45, 7) is 1.75. The predicted molar refractivity (Wildman–Crippen MR) is 49.7 cm³/mol. The number of hydrogen-bond donors (Lipinski definition) is 1. The summed E-state index contributed by atoms with van der Waals surface area (Å²) < 4.78 is 19.5. The van der Waals surface area contributed by atoms with Crippen molar-refractivity contribution in [3.63, 3.8) is 0 Å². The Labute approximate surface area is 85.1 Å². The molecule has 1 atom stereocenters. The molecule has 2 aromatic rings. The first-order valence-electron chi connectivity index (χ1n) is 4.35. The zero-order valence-electron chi connectivity index (χ0n) is 8.31. The first kappa shape index (κ1) is 10.0. The summed E-state index contributed by atoms with van der Waals surface area (Å²) in [5.74, 6) is -0.659. The topological polar surface area (TPSA) is 59.7 Å². The minimum absolute atomic E-state index is 0.0844. The van der Waals surface area contributed by atoms with Gasteiger partial charge in [0.05, 0.1) is 0 Å². The quantitative estimate of drug-likeness (QED) is 0.747. The van der Waals surface area contributed by atoms with Crippen LogP contribution in [0.3, 0.4) is 0 Å². The Morgan fingerprint density at radius 3 is 3.00 bits per heavy atom. The predicted octanol–water partition coefficient (Wildman–Crippen LogP) is 0.814. The molecule has 0 aliphatic carbocycles. The number of nitrogens with zero attached hydrogens (tertiary/aromatic N) is 3. The molecular weight excluding hydrogens is 201 g/mol. The molecule has 0 radical (unpaired) electrons. The lowest BCUT2D eigenvalue weighted by molar-refractivity contribution is -0.0820. The highest BCUT2D eigenvalue weighted by atomic mass is 19.1. The number of halogens is 1. The SMILES string of the molecule is COC(O)c1nn2ccc(C)nc2c1F. The number of aryl methyl sites for hydroxylation is 1. The van der Waals surface area contributed by atoms with Crippen LogP contribution in [-0.4, -0.2) is 26.8 Å². The Morgan fingerprint density at radius 2 is 2.33 bits per heavy atom. The monoisotopic (exact) mass is 211 g/mol. The summed E-state index contributed by atoms with van der Waals surface area (Å²) in [5, 5.41) is 13.1. The lowest BCUT2D eigenvalue weighted by Gasteiger charge is -2.02. The number of ether oxygens (including phenoxy) is 1. The minimum Gasteiger partial charge on any atom is -0.363 e. The van der Waals surface area contributed by atoms with Crippen molar-refractivity contribution in [1.82, 2.24) is 14.6 Å². The molecule has 0 aliphatic heterocycles. The second-order valence-electron chi connectivity index (χ2n) is 3.12. The molecule has 0 aliphatic rings. The van der Waals surface area contributed by atoms with Crippen LogP contribution >= 0.6 is 0 Å². The van der Waals surface area contributed by atoms with Gasteiger partial charge < -0.3 is 9.84 Å². The largest absolute Gasteiger partial charge is 0.363 e. The summed E-state index contributed by atoms with van der Waals surface area (Å²) in [6.07, 6.45) is 0.208. The van der Waals surface area contributed by atoms with E-state index in [1.807, 2.05) is 0 Å². The van der Waals surface area contributed by atoms with E-state index in [4.69, 9.17) is 0 Å². The van der Waals surface area contributed by atoms with Crippen molar-refractivity contribution in [1.29, 1.82) is 0 Å². The van der Waals surface area contributed by atoms with Crippen LogP contribution < -0.4 is 0 Å². The van der Waals surface area contributed by atoms with Crippen LogP contribution in [0.4, 0.5) is 4.39 Å². The van der Waals surface area contributed by atoms with Crippen LogP contribution in [0, 0.1) is 12.7 Å². The number of aliphatic hydroxyl groups is 1. The Balaban J connectivity index is 2.64. The van der Waals surface area contributed by atoms with Crippen molar-refractivity contribution in [2.24, 2.45) is 0 Å². The molecule has 2 aromatic heterocycles. The molecule has 2 heterocycles. The van der Waals surface area contributed by atoms with Crippen molar-refractivity contribution >= 4 is 5.65 Å². The number of aliphatic hydroxyl groups excluding tert-OH is 1. The molecular formula is C9H10FN3O2. The average molecular weight is 211 g/mol. The summed E-state index contributed by atoms with van der Waals surface area (Å²) in [7, 11) is 1.27. The Morgan fingerprint density at radius 1 is 1.60 bits per heavy atom.